The highest BCUT2D eigenvalue weighted by Crippen LogP contribution is 2.16. The lowest BCUT2D eigenvalue weighted by atomic mass is 10.3. The molecule has 0 spiro atoms. The molecule has 1 aromatic heterocycles. The number of nitrogens with zero attached hydrogens (tertiary/aromatic N) is 2. The highest BCUT2D eigenvalue weighted by molar-refractivity contribution is 5.31. The molecule has 0 saturated heterocycles. The van der Waals surface area contributed by atoms with Gasteiger partial charge >= 0.3 is 0 Å². The van der Waals surface area contributed by atoms with Crippen molar-refractivity contribution in [2.24, 2.45) is 0 Å². The first kappa shape index (κ1) is 13.4. The van der Waals surface area contributed by atoms with Crippen LogP contribution in [0, 0.1) is 6.92 Å². The van der Waals surface area contributed by atoms with Crippen LogP contribution in [0.1, 0.15) is 11.8 Å². The summed E-state index contributed by atoms with van der Waals surface area (Å²) < 4.78 is 15.9. The second kappa shape index (κ2) is 6.75. The Labute approximate surface area is 111 Å². The summed E-state index contributed by atoms with van der Waals surface area (Å²) >= 11 is 0. The molecule has 2 rings (SSSR count). The van der Waals surface area contributed by atoms with Crippen LogP contribution < -0.4 is 14.8 Å². The van der Waals surface area contributed by atoms with Crippen molar-refractivity contribution in [3.05, 3.63) is 36.0 Å². The number of hydrogen-bond acceptors (Lipinski definition) is 6. The van der Waals surface area contributed by atoms with Gasteiger partial charge in [0.2, 0.25) is 11.8 Å². The fourth-order valence-corrected chi connectivity index (χ4v) is 1.52. The maximum Gasteiger partial charge on any atom is 0.230 e. The second-order valence-corrected chi connectivity index (χ2v) is 3.92. The van der Waals surface area contributed by atoms with Crippen LogP contribution in [0.15, 0.2) is 28.7 Å². The molecule has 0 radical (unpaired) electrons. The zero-order valence-electron chi connectivity index (χ0n) is 11.0. The van der Waals surface area contributed by atoms with Crippen molar-refractivity contribution in [1.82, 2.24) is 15.5 Å². The molecule has 6 heteroatoms. The van der Waals surface area contributed by atoms with E-state index < -0.39 is 0 Å². The van der Waals surface area contributed by atoms with Gasteiger partial charge < -0.3 is 19.2 Å². The Kier molecular flexibility index (Phi) is 4.74. The minimum atomic E-state index is 0.548. The average molecular weight is 263 g/mol. The second-order valence-electron chi connectivity index (χ2n) is 3.92. The van der Waals surface area contributed by atoms with E-state index in [-0.39, 0.29) is 0 Å². The molecule has 1 N–H and O–H groups in total. The third-order valence-electron chi connectivity index (χ3n) is 2.45. The van der Waals surface area contributed by atoms with Crippen LogP contribution in [0.2, 0.25) is 0 Å². The first-order valence-electron chi connectivity index (χ1n) is 6.04. The first-order valence-corrected chi connectivity index (χ1v) is 6.04. The summed E-state index contributed by atoms with van der Waals surface area (Å²) in [5.41, 5.74) is 0. The third kappa shape index (κ3) is 4.26. The van der Waals surface area contributed by atoms with E-state index in [1.807, 2.05) is 24.3 Å². The summed E-state index contributed by atoms with van der Waals surface area (Å²) in [6.45, 7) is 3.59. The van der Waals surface area contributed by atoms with Crippen molar-refractivity contribution >= 4 is 0 Å². The Bertz CT molecular complexity index is 496. The fourth-order valence-electron chi connectivity index (χ4n) is 1.52. The molecular formula is C13H17N3O3. The van der Waals surface area contributed by atoms with E-state index in [1.165, 1.54) is 0 Å². The van der Waals surface area contributed by atoms with Crippen molar-refractivity contribution in [3.63, 3.8) is 0 Å². The summed E-state index contributed by atoms with van der Waals surface area (Å²) in [6, 6.07) is 7.48. The van der Waals surface area contributed by atoms with Crippen LogP contribution in [0.5, 0.6) is 11.5 Å². The topological polar surface area (TPSA) is 69.4 Å². The Balaban J connectivity index is 1.63. The molecule has 6 nitrogen and oxygen atoms in total. The van der Waals surface area contributed by atoms with Gasteiger partial charge in [0.05, 0.1) is 13.7 Å². The summed E-state index contributed by atoms with van der Waals surface area (Å²) in [7, 11) is 1.64. The van der Waals surface area contributed by atoms with Crippen LogP contribution >= 0.6 is 0 Å². The number of nitrogens with one attached hydrogen (secondary N) is 1. The lowest BCUT2D eigenvalue weighted by molar-refractivity contribution is 0.309. The van der Waals surface area contributed by atoms with Crippen molar-refractivity contribution in [3.8, 4) is 11.5 Å². The van der Waals surface area contributed by atoms with Gasteiger partial charge in [-0.1, -0.05) is 0 Å². The Hall–Kier alpha value is -2.08. The molecule has 1 heterocycles. The van der Waals surface area contributed by atoms with Crippen LogP contribution in [0.25, 0.3) is 0 Å². The molecular weight excluding hydrogens is 246 g/mol. The molecule has 0 aliphatic carbocycles. The molecule has 0 fully saturated rings. The molecule has 0 bridgehead atoms. The van der Waals surface area contributed by atoms with Crippen molar-refractivity contribution < 1.29 is 13.9 Å². The highest BCUT2D eigenvalue weighted by Gasteiger charge is 2.00. The largest absolute Gasteiger partial charge is 0.497 e. The van der Waals surface area contributed by atoms with Gasteiger partial charge in [-0.05, 0) is 24.3 Å². The van der Waals surface area contributed by atoms with Crippen LogP contribution in [0.3, 0.4) is 0 Å². The molecule has 0 saturated carbocycles. The number of hydrogen-bond donors (Lipinski definition) is 1. The van der Waals surface area contributed by atoms with Crippen LogP contribution in [-0.4, -0.2) is 30.5 Å². The van der Waals surface area contributed by atoms with Gasteiger partial charge in [-0.2, -0.15) is 0 Å². The van der Waals surface area contributed by atoms with Crippen molar-refractivity contribution in [2.45, 2.75) is 13.5 Å². The third-order valence-corrected chi connectivity index (χ3v) is 2.45. The van der Waals surface area contributed by atoms with E-state index in [2.05, 4.69) is 15.5 Å². The number of methoxy groups -OCH3 is 1. The van der Waals surface area contributed by atoms with E-state index in [1.54, 1.807) is 14.0 Å². The molecule has 0 amide bonds. The molecule has 0 aliphatic rings. The Morgan fingerprint density at radius 2 is 1.89 bits per heavy atom. The molecule has 2 aromatic rings. The molecule has 19 heavy (non-hydrogen) atoms. The van der Waals surface area contributed by atoms with Crippen LogP contribution in [0.4, 0.5) is 0 Å². The molecule has 0 unspecified atom stereocenters. The van der Waals surface area contributed by atoms with Crippen LogP contribution in [-0.2, 0) is 6.54 Å². The highest BCUT2D eigenvalue weighted by atomic mass is 16.5. The minimum absolute atomic E-state index is 0.548. The number of aromatic nitrogens is 2. The zero-order valence-corrected chi connectivity index (χ0v) is 11.0. The SMILES string of the molecule is COc1ccc(OCCNCc2nnc(C)o2)cc1. The van der Waals surface area contributed by atoms with Gasteiger partial charge in [-0.25, -0.2) is 0 Å². The van der Waals surface area contributed by atoms with Gasteiger partial charge in [-0.3, -0.25) is 0 Å². The lowest BCUT2D eigenvalue weighted by Gasteiger charge is -2.07. The predicted octanol–water partition coefficient (Wildman–Crippen LogP) is 1.56. The van der Waals surface area contributed by atoms with Gasteiger partial charge in [0.1, 0.15) is 18.1 Å². The smallest absolute Gasteiger partial charge is 0.230 e. The zero-order chi connectivity index (χ0) is 13.5. The first-order chi connectivity index (χ1) is 9.28. The summed E-state index contributed by atoms with van der Waals surface area (Å²) in [4.78, 5) is 0. The maximum atomic E-state index is 5.56. The maximum absolute atomic E-state index is 5.56. The number of ether oxygens (including phenoxy) is 2. The van der Waals surface area contributed by atoms with Gasteiger partial charge in [0.15, 0.2) is 0 Å². The van der Waals surface area contributed by atoms with Gasteiger partial charge in [-0.15, -0.1) is 10.2 Å². The minimum Gasteiger partial charge on any atom is -0.497 e. The number of rotatable bonds is 7. The van der Waals surface area contributed by atoms with E-state index in [0.717, 1.165) is 11.5 Å². The normalized spacial score (nSPS) is 10.4. The van der Waals surface area contributed by atoms with E-state index in [0.29, 0.717) is 31.5 Å². The van der Waals surface area contributed by atoms with Crippen molar-refractivity contribution in [2.75, 3.05) is 20.3 Å². The number of aryl methyl sites for hydroxylation is 1. The molecule has 102 valence electrons. The van der Waals surface area contributed by atoms with E-state index in [9.17, 15) is 0 Å². The van der Waals surface area contributed by atoms with E-state index >= 15 is 0 Å². The number of benzene rings is 1. The molecule has 0 atom stereocenters. The Morgan fingerprint density at radius 3 is 2.53 bits per heavy atom. The van der Waals surface area contributed by atoms with Gasteiger partial charge in [0.25, 0.3) is 0 Å². The van der Waals surface area contributed by atoms with E-state index in [4.69, 9.17) is 13.9 Å². The summed E-state index contributed by atoms with van der Waals surface area (Å²) in [5, 5.41) is 10.8. The Morgan fingerprint density at radius 1 is 1.16 bits per heavy atom. The summed E-state index contributed by atoms with van der Waals surface area (Å²) in [6.07, 6.45) is 0. The average Bonchev–Trinajstić information content (AvgIpc) is 2.85. The summed E-state index contributed by atoms with van der Waals surface area (Å²) in [5.74, 6) is 2.79. The fraction of sp³-hybridized carbons (Fsp3) is 0.385. The standard InChI is InChI=1S/C13H17N3O3/c1-10-15-16-13(19-10)9-14-7-8-18-12-5-3-11(17-2)4-6-12/h3-6,14H,7-9H2,1-2H3. The van der Waals surface area contributed by atoms with Gasteiger partial charge in [0, 0.05) is 13.5 Å². The lowest BCUT2D eigenvalue weighted by Crippen LogP contribution is -2.20. The monoisotopic (exact) mass is 263 g/mol. The molecule has 0 aliphatic heterocycles. The molecule has 1 aromatic carbocycles. The quantitative estimate of drug-likeness (QED) is 0.764. The van der Waals surface area contributed by atoms with Crippen molar-refractivity contribution in [1.29, 1.82) is 0 Å². The predicted molar refractivity (Wildman–Crippen MR) is 69.2 cm³/mol.